The van der Waals surface area contributed by atoms with Gasteiger partial charge in [-0.1, -0.05) is 20.3 Å². The van der Waals surface area contributed by atoms with E-state index in [0.29, 0.717) is 6.04 Å². The van der Waals surface area contributed by atoms with E-state index in [1.165, 1.54) is 12.8 Å². The predicted octanol–water partition coefficient (Wildman–Crippen LogP) is 1.41. The minimum atomic E-state index is 0.601. The van der Waals surface area contributed by atoms with Gasteiger partial charge in [-0.2, -0.15) is 0 Å². The molecular formula is C9H19NO. The first-order chi connectivity index (χ1) is 5.34. The Morgan fingerprint density at radius 1 is 1.64 bits per heavy atom. The Balaban J connectivity index is 2.21. The van der Waals surface area contributed by atoms with Crippen molar-refractivity contribution in [1.29, 1.82) is 0 Å². The highest BCUT2D eigenvalue weighted by molar-refractivity contribution is 4.75. The molecule has 0 bridgehead atoms. The van der Waals surface area contributed by atoms with Crippen LogP contribution in [-0.2, 0) is 4.74 Å². The summed E-state index contributed by atoms with van der Waals surface area (Å²) >= 11 is 0. The molecule has 0 amide bonds. The fourth-order valence-electron chi connectivity index (χ4n) is 1.61. The summed E-state index contributed by atoms with van der Waals surface area (Å²) < 4.78 is 5.39. The van der Waals surface area contributed by atoms with Crippen LogP contribution < -0.4 is 5.32 Å². The van der Waals surface area contributed by atoms with Gasteiger partial charge < -0.3 is 10.1 Å². The smallest absolute Gasteiger partial charge is 0.0622 e. The molecule has 0 aromatic heterocycles. The molecule has 1 fully saturated rings. The molecule has 1 saturated heterocycles. The fourth-order valence-corrected chi connectivity index (χ4v) is 1.61. The Labute approximate surface area is 69.3 Å². The molecule has 0 radical (unpaired) electrons. The van der Waals surface area contributed by atoms with Crippen LogP contribution in [0.5, 0.6) is 0 Å². The molecule has 0 spiro atoms. The van der Waals surface area contributed by atoms with E-state index in [1.807, 2.05) is 0 Å². The lowest BCUT2D eigenvalue weighted by Crippen LogP contribution is -2.45. The quantitative estimate of drug-likeness (QED) is 0.669. The number of hydrogen-bond donors (Lipinski definition) is 1. The third kappa shape index (κ3) is 2.80. The molecule has 1 heterocycles. The summed E-state index contributed by atoms with van der Waals surface area (Å²) in [5.74, 6) is 0.764. The van der Waals surface area contributed by atoms with Crippen LogP contribution in [0, 0.1) is 5.92 Å². The molecule has 1 N–H and O–H groups in total. The van der Waals surface area contributed by atoms with Crippen molar-refractivity contribution in [3.63, 3.8) is 0 Å². The lowest BCUT2D eigenvalue weighted by atomic mass is 9.97. The molecule has 2 atom stereocenters. The summed E-state index contributed by atoms with van der Waals surface area (Å²) in [6.07, 6.45) is 2.58. The molecule has 2 heteroatoms. The van der Waals surface area contributed by atoms with Gasteiger partial charge >= 0.3 is 0 Å². The first kappa shape index (κ1) is 9.01. The standard InChI is InChI=1S/C9H19NO/c1-3-4-8(2)9-7-11-6-5-10-9/h8-10H,3-7H2,1-2H3. The van der Waals surface area contributed by atoms with Crippen molar-refractivity contribution in [2.45, 2.75) is 32.7 Å². The lowest BCUT2D eigenvalue weighted by molar-refractivity contribution is 0.0579. The largest absolute Gasteiger partial charge is 0.379 e. The number of ether oxygens (including phenoxy) is 1. The summed E-state index contributed by atoms with van der Waals surface area (Å²) in [6, 6.07) is 0.601. The maximum Gasteiger partial charge on any atom is 0.0622 e. The van der Waals surface area contributed by atoms with E-state index in [-0.39, 0.29) is 0 Å². The van der Waals surface area contributed by atoms with Crippen LogP contribution in [0.4, 0.5) is 0 Å². The molecule has 11 heavy (non-hydrogen) atoms. The van der Waals surface area contributed by atoms with Gasteiger partial charge in [0.1, 0.15) is 0 Å². The van der Waals surface area contributed by atoms with Gasteiger partial charge in [0.2, 0.25) is 0 Å². The van der Waals surface area contributed by atoms with E-state index in [0.717, 1.165) is 25.7 Å². The summed E-state index contributed by atoms with van der Waals surface area (Å²) in [6.45, 7) is 7.35. The lowest BCUT2D eigenvalue weighted by Gasteiger charge is -2.28. The van der Waals surface area contributed by atoms with Crippen LogP contribution in [0.2, 0.25) is 0 Å². The van der Waals surface area contributed by atoms with Crippen LogP contribution in [0.25, 0.3) is 0 Å². The minimum Gasteiger partial charge on any atom is -0.379 e. The van der Waals surface area contributed by atoms with Gasteiger partial charge in [-0.05, 0) is 12.3 Å². The highest BCUT2D eigenvalue weighted by Crippen LogP contribution is 2.12. The number of nitrogens with one attached hydrogen (secondary N) is 1. The van der Waals surface area contributed by atoms with Gasteiger partial charge in [-0.15, -0.1) is 0 Å². The summed E-state index contributed by atoms with van der Waals surface area (Å²) in [4.78, 5) is 0. The molecule has 2 nitrogen and oxygen atoms in total. The Bertz CT molecular complexity index is 99.7. The van der Waals surface area contributed by atoms with Gasteiger partial charge in [0.05, 0.1) is 13.2 Å². The molecule has 66 valence electrons. The van der Waals surface area contributed by atoms with E-state index in [1.54, 1.807) is 0 Å². The summed E-state index contributed by atoms with van der Waals surface area (Å²) in [5, 5.41) is 3.48. The van der Waals surface area contributed by atoms with Crippen molar-refractivity contribution in [3.8, 4) is 0 Å². The van der Waals surface area contributed by atoms with Crippen LogP contribution in [0.1, 0.15) is 26.7 Å². The highest BCUT2D eigenvalue weighted by Gasteiger charge is 2.18. The molecule has 0 aliphatic carbocycles. The SMILES string of the molecule is CCCC(C)C1COCCN1. The van der Waals surface area contributed by atoms with Gasteiger partial charge in [0, 0.05) is 12.6 Å². The molecule has 2 unspecified atom stereocenters. The van der Waals surface area contributed by atoms with E-state index < -0.39 is 0 Å². The van der Waals surface area contributed by atoms with Crippen molar-refractivity contribution in [2.24, 2.45) is 5.92 Å². The molecule has 1 rings (SSSR count). The van der Waals surface area contributed by atoms with Gasteiger partial charge in [-0.25, -0.2) is 0 Å². The third-order valence-electron chi connectivity index (χ3n) is 2.38. The van der Waals surface area contributed by atoms with Gasteiger partial charge in [0.25, 0.3) is 0 Å². The molecular weight excluding hydrogens is 138 g/mol. The van der Waals surface area contributed by atoms with Gasteiger partial charge in [-0.3, -0.25) is 0 Å². The number of morpholine rings is 1. The first-order valence-electron chi connectivity index (χ1n) is 4.65. The van der Waals surface area contributed by atoms with E-state index in [9.17, 15) is 0 Å². The maximum atomic E-state index is 5.39. The Morgan fingerprint density at radius 2 is 2.45 bits per heavy atom. The second-order valence-corrected chi connectivity index (χ2v) is 3.40. The maximum absolute atomic E-state index is 5.39. The van der Waals surface area contributed by atoms with Crippen LogP contribution in [0.15, 0.2) is 0 Å². The van der Waals surface area contributed by atoms with Crippen molar-refractivity contribution >= 4 is 0 Å². The average molecular weight is 157 g/mol. The van der Waals surface area contributed by atoms with E-state index in [2.05, 4.69) is 19.2 Å². The van der Waals surface area contributed by atoms with E-state index in [4.69, 9.17) is 4.74 Å². The molecule has 0 saturated carbocycles. The van der Waals surface area contributed by atoms with Crippen molar-refractivity contribution < 1.29 is 4.74 Å². The molecule has 1 aliphatic heterocycles. The molecule has 0 aromatic carbocycles. The molecule has 1 aliphatic rings. The zero-order valence-corrected chi connectivity index (χ0v) is 7.60. The summed E-state index contributed by atoms with van der Waals surface area (Å²) in [5.41, 5.74) is 0. The van der Waals surface area contributed by atoms with E-state index >= 15 is 0 Å². The van der Waals surface area contributed by atoms with Crippen LogP contribution >= 0.6 is 0 Å². The predicted molar refractivity (Wildman–Crippen MR) is 46.7 cm³/mol. The van der Waals surface area contributed by atoms with Gasteiger partial charge in [0.15, 0.2) is 0 Å². The van der Waals surface area contributed by atoms with Crippen molar-refractivity contribution in [2.75, 3.05) is 19.8 Å². The van der Waals surface area contributed by atoms with Crippen molar-refractivity contribution in [3.05, 3.63) is 0 Å². The topological polar surface area (TPSA) is 21.3 Å². The minimum absolute atomic E-state index is 0.601. The zero-order chi connectivity index (χ0) is 8.10. The first-order valence-corrected chi connectivity index (χ1v) is 4.65. The fraction of sp³-hybridized carbons (Fsp3) is 1.00. The monoisotopic (exact) mass is 157 g/mol. The second kappa shape index (κ2) is 4.73. The normalized spacial score (nSPS) is 28.4. The Kier molecular flexibility index (Phi) is 3.87. The Hall–Kier alpha value is -0.0800. The average Bonchev–Trinajstić information content (AvgIpc) is 2.07. The Morgan fingerprint density at radius 3 is 3.00 bits per heavy atom. The van der Waals surface area contributed by atoms with Crippen molar-refractivity contribution in [1.82, 2.24) is 5.32 Å². The molecule has 0 aromatic rings. The zero-order valence-electron chi connectivity index (χ0n) is 7.60. The number of rotatable bonds is 3. The second-order valence-electron chi connectivity index (χ2n) is 3.40. The third-order valence-corrected chi connectivity index (χ3v) is 2.38. The van der Waals surface area contributed by atoms with Crippen LogP contribution in [0.3, 0.4) is 0 Å². The summed E-state index contributed by atoms with van der Waals surface area (Å²) in [7, 11) is 0. The highest BCUT2D eigenvalue weighted by atomic mass is 16.5. The number of hydrogen-bond acceptors (Lipinski definition) is 2. The van der Waals surface area contributed by atoms with Crippen LogP contribution in [-0.4, -0.2) is 25.8 Å².